The quantitative estimate of drug-likeness (QED) is 0.322. The lowest BCUT2D eigenvalue weighted by Crippen LogP contribution is -2.46. The van der Waals surface area contributed by atoms with Crippen LogP contribution in [0.3, 0.4) is 0 Å². The lowest BCUT2D eigenvalue weighted by molar-refractivity contribution is -0.117. The molecule has 4 rings (SSSR count). The number of nitrogen functional groups attached to an aromatic ring is 1. The summed E-state index contributed by atoms with van der Waals surface area (Å²) in [4.78, 5) is 24.5. The molecule has 0 aromatic carbocycles. The number of thioether (sulfide) groups is 1. The van der Waals surface area contributed by atoms with Gasteiger partial charge in [-0.3, -0.25) is 22.9 Å². The minimum absolute atomic E-state index is 0.0505. The Bertz CT molecular complexity index is 1230. The van der Waals surface area contributed by atoms with Crippen LogP contribution >= 0.6 is 19.6 Å². The van der Waals surface area contributed by atoms with Crippen molar-refractivity contribution in [3.8, 4) is 12.3 Å². The van der Waals surface area contributed by atoms with E-state index < -0.39 is 37.3 Å². The lowest BCUT2D eigenvalue weighted by atomic mass is 9.97. The number of alkyl halides is 1. The summed E-state index contributed by atoms with van der Waals surface area (Å²) in [5, 5.41) is 2.80. The summed E-state index contributed by atoms with van der Waals surface area (Å²) < 4.78 is 52.5. The number of hydrogen-bond acceptors (Lipinski definition) is 12. The Hall–Kier alpha value is -2.27. The van der Waals surface area contributed by atoms with E-state index in [1.807, 2.05) is 0 Å². The number of terminal acetylenes is 1. The van der Waals surface area contributed by atoms with E-state index in [9.17, 15) is 9.36 Å². The average Bonchev–Trinajstić information content (AvgIpc) is 3.34. The van der Waals surface area contributed by atoms with Crippen LogP contribution in [0, 0.1) is 17.8 Å². The number of aromatic nitrogens is 4. The van der Waals surface area contributed by atoms with E-state index >= 15 is 4.39 Å². The molecule has 0 aliphatic carbocycles. The molecule has 2 fully saturated rings. The highest BCUT2D eigenvalue weighted by Crippen LogP contribution is 2.59. The Morgan fingerprint density at radius 3 is 2.91 bits per heavy atom. The van der Waals surface area contributed by atoms with Gasteiger partial charge in [0, 0.05) is 18.2 Å². The van der Waals surface area contributed by atoms with Crippen molar-refractivity contribution in [2.24, 2.45) is 5.41 Å². The van der Waals surface area contributed by atoms with Crippen LogP contribution in [0.25, 0.3) is 11.2 Å². The maximum atomic E-state index is 16.3. The Morgan fingerprint density at radius 1 is 1.51 bits per heavy atom. The number of rotatable bonds is 6. The van der Waals surface area contributed by atoms with Crippen molar-refractivity contribution in [2.45, 2.75) is 44.9 Å². The predicted octanol–water partition coefficient (Wildman–Crippen LogP) is 2.54. The molecule has 15 heteroatoms. The van der Waals surface area contributed by atoms with Gasteiger partial charge >= 0.3 is 7.82 Å². The number of halogens is 1. The summed E-state index contributed by atoms with van der Waals surface area (Å²) in [6.07, 6.45) is 3.02. The van der Waals surface area contributed by atoms with E-state index in [0.29, 0.717) is 11.3 Å². The molecule has 0 bridgehead atoms. The normalized spacial score (nSPS) is 30.7. The van der Waals surface area contributed by atoms with Gasteiger partial charge in [0.05, 0.1) is 19.5 Å². The highest BCUT2D eigenvalue weighted by molar-refractivity contribution is 8.13. The summed E-state index contributed by atoms with van der Waals surface area (Å²) in [6.45, 7) is 4.97. The number of nitrogens with zero attached hydrogens (tertiary/aromatic N) is 4. The van der Waals surface area contributed by atoms with Gasteiger partial charge in [-0.2, -0.15) is 9.97 Å². The van der Waals surface area contributed by atoms with Gasteiger partial charge < -0.3 is 15.8 Å². The smallest absolute Gasteiger partial charge is 0.371 e. The van der Waals surface area contributed by atoms with Crippen LogP contribution in [0.4, 0.5) is 16.2 Å². The van der Waals surface area contributed by atoms with E-state index in [1.54, 1.807) is 27.8 Å². The van der Waals surface area contributed by atoms with Crippen molar-refractivity contribution in [3.63, 3.8) is 0 Å². The zero-order chi connectivity index (χ0) is 25.6. The molecule has 0 saturated carbocycles. The molecule has 2 aromatic rings. The Labute approximate surface area is 205 Å². The highest BCUT2D eigenvalue weighted by atomic mass is 32.2. The third-order valence-corrected chi connectivity index (χ3v) is 8.08. The molecule has 0 radical (unpaired) electrons. The SMILES string of the molecule is C#C[C@@]1(F)[C@@H]2OP(=O)(OCCSC(=O)C(C)(C)C)OC[C@H]2O[C@H]1n1cnc2c(NC)nc(N)nc21. The highest BCUT2D eigenvalue weighted by Gasteiger charge is 2.63. The number of phosphoric acid groups is 1. The van der Waals surface area contributed by atoms with Crippen LogP contribution in [0.1, 0.15) is 27.0 Å². The van der Waals surface area contributed by atoms with Gasteiger partial charge in [-0.15, -0.1) is 6.42 Å². The first-order valence-electron chi connectivity index (χ1n) is 10.7. The summed E-state index contributed by atoms with van der Waals surface area (Å²) >= 11 is 1.03. The Morgan fingerprint density at radius 2 is 2.26 bits per heavy atom. The summed E-state index contributed by atoms with van der Waals surface area (Å²) in [7, 11) is -2.54. The van der Waals surface area contributed by atoms with Gasteiger partial charge in [0.15, 0.2) is 28.3 Å². The van der Waals surface area contributed by atoms with Crippen molar-refractivity contribution >= 4 is 47.6 Å². The summed E-state index contributed by atoms with van der Waals surface area (Å²) in [5.41, 5.74) is 3.19. The number of carbonyl (C=O) groups excluding carboxylic acids is 1. The number of hydrogen-bond donors (Lipinski definition) is 2. The Kier molecular flexibility index (Phi) is 6.87. The first-order chi connectivity index (χ1) is 16.4. The van der Waals surface area contributed by atoms with Crippen LogP contribution < -0.4 is 11.1 Å². The number of nitrogens with one attached hydrogen (secondary N) is 1. The van der Waals surface area contributed by atoms with Crippen LogP contribution in [0.5, 0.6) is 0 Å². The standard InChI is InChI=1S/C20H26FN6O6PS/c1-6-20(21)13-11(9-31-34(29,33-13)30-7-8-35-17(28)19(2,3)4)32-16(20)27-10-24-12-14(23-5)25-18(22)26-15(12)27/h1,10-11,13,16H,7-9H2,2-5H3,(H3,22,23,25,26)/t11-,13-,16-,20-,34?/m1/s1. The lowest BCUT2D eigenvalue weighted by Gasteiger charge is -2.33. The van der Waals surface area contributed by atoms with Crippen LogP contribution in [-0.4, -0.2) is 68.5 Å². The fraction of sp³-hybridized carbons (Fsp3) is 0.600. The maximum absolute atomic E-state index is 16.3. The Balaban J connectivity index is 1.53. The maximum Gasteiger partial charge on any atom is 0.475 e. The molecule has 4 heterocycles. The largest absolute Gasteiger partial charge is 0.475 e. The minimum atomic E-state index is -4.17. The van der Waals surface area contributed by atoms with Crippen LogP contribution in [0.15, 0.2) is 6.33 Å². The molecule has 12 nitrogen and oxygen atoms in total. The number of fused-ring (bicyclic) bond motifs is 2. The van der Waals surface area contributed by atoms with Gasteiger partial charge in [0.2, 0.25) is 11.6 Å². The molecule has 35 heavy (non-hydrogen) atoms. The van der Waals surface area contributed by atoms with Crippen molar-refractivity contribution in [1.82, 2.24) is 19.5 Å². The van der Waals surface area contributed by atoms with Crippen LogP contribution in [-0.2, 0) is 27.7 Å². The van der Waals surface area contributed by atoms with Gasteiger partial charge in [-0.05, 0) is 0 Å². The molecule has 2 aliphatic rings. The molecule has 2 aromatic heterocycles. The minimum Gasteiger partial charge on any atom is -0.371 e. The number of phosphoric ester groups is 1. The average molecular weight is 529 g/mol. The van der Waals surface area contributed by atoms with E-state index in [1.165, 1.54) is 10.9 Å². The van der Waals surface area contributed by atoms with E-state index in [0.717, 1.165) is 11.8 Å². The van der Waals surface area contributed by atoms with Gasteiger partial charge in [0.25, 0.3) is 0 Å². The summed E-state index contributed by atoms with van der Waals surface area (Å²) in [6, 6.07) is 0. The molecule has 190 valence electrons. The molecule has 2 aliphatic heterocycles. The third kappa shape index (κ3) is 4.76. The first-order valence-corrected chi connectivity index (χ1v) is 13.1. The predicted molar refractivity (Wildman–Crippen MR) is 127 cm³/mol. The fourth-order valence-corrected chi connectivity index (χ4v) is 5.94. The molecule has 0 spiro atoms. The topological polar surface area (TPSA) is 153 Å². The van der Waals surface area contributed by atoms with Gasteiger partial charge in [-0.25, -0.2) is 13.9 Å². The second-order valence-electron chi connectivity index (χ2n) is 8.93. The molecular formula is C20H26FN6O6PS. The fourth-order valence-electron chi connectivity index (χ4n) is 3.62. The molecule has 3 N–H and O–H groups in total. The molecular weight excluding hydrogens is 502 g/mol. The van der Waals surface area contributed by atoms with Crippen molar-refractivity contribution in [2.75, 3.05) is 37.1 Å². The molecule has 1 unspecified atom stereocenters. The molecule has 0 amide bonds. The zero-order valence-electron chi connectivity index (χ0n) is 19.6. The number of imidazole rings is 1. The van der Waals surface area contributed by atoms with Crippen molar-refractivity contribution < 1.29 is 32.1 Å². The van der Waals surface area contributed by atoms with E-state index in [4.69, 9.17) is 30.5 Å². The number of ether oxygens (including phenoxy) is 1. The number of anilines is 2. The number of nitrogens with two attached hydrogens (primary N) is 1. The second-order valence-corrected chi connectivity index (χ2v) is 11.6. The van der Waals surface area contributed by atoms with Gasteiger partial charge in [0.1, 0.15) is 12.2 Å². The van der Waals surface area contributed by atoms with Crippen molar-refractivity contribution in [3.05, 3.63) is 6.33 Å². The van der Waals surface area contributed by atoms with Gasteiger partial charge in [-0.1, -0.05) is 38.5 Å². The third-order valence-electron chi connectivity index (χ3n) is 5.38. The second kappa shape index (κ2) is 9.31. The van der Waals surface area contributed by atoms with Crippen LogP contribution in [0.2, 0.25) is 0 Å². The number of carbonyl (C=O) groups is 1. The zero-order valence-corrected chi connectivity index (χ0v) is 21.3. The molecule has 2 saturated heterocycles. The van der Waals surface area contributed by atoms with Crippen molar-refractivity contribution in [1.29, 1.82) is 0 Å². The summed E-state index contributed by atoms with van der Waals surface area (Å²) in [5.74, 6) is 2.57. The monoisotopic (exact) mass is 528 g/mol. The van der Waals surface area contributed by atoms with E-state index in [2.05, 4.69) is 26.2 Å². The molecule has 5 atom stereocenters. The van der Waals surface area contributed by atoms with E-state index in [-0.39, 0.29) is 35.7 Å². The first kappa shape index (κ1) is 25.8.